The van der Waals surface area contributed by atoms with E-state index in [-0.39, 0.29) is 5.54 Å². The van der Waals surface area contributed by atoms with Crippen molar-refractivity contribution < 1.29 is 13.2 Å². The second-order valence-corrected chi connectivity index (χ2v) is 5.41. The predicted molar refractivity (Wildman–Crippen MR) is 63.7 cm³/mol. The quantitative estimate of drug-likeness (QED) is 0.825. The van der Waals surface area contributed by atoms with Crippen LogP contribution < -0.4 is 5.32 Å². The molecule has 5 heteroatoms. The number of rotatable bonds is 1. The van der Waals surface area contributed by atoms with E-state index in [2.05, 4.69) is 21.2 Å². The van der Waals surface area contributed by atoms with Crippen molar-refractivity contribution in [3.05, 3.63) is 33.8 Å². The van der Waals surface area contributed by atoms with Crippen LogP contribution >= 0.6 is 15.9 Å². The van der Waals surface area contributed by atoms with Crippen molar-refractivity contribution >= 4 is 15.9 Å². The third-order valence-electron chi connectivity index (χ3n) is 3.26. The van der Waals surface area contributed by atoms with Crippen LogP contribution in [0.3, 0.4) is 0 Å². The van der Waals surface area contributed by atoms with Crippen molar-refractivity contribution in [2.75, 3.05) is 6.54 Å². The second-order valence-electron chi connectivity index (χ2n) is 4.55. The first-order valence-electron chi connectivity index (χ1n) is 5.45. The molecule has 0 aromatic heterocycles. The average Bonchev–Trinajstić information content (AvgIpc) is 2.64. The smallest absolute Gasteiger partial charge is 0.308 e. The SMILES string of the molecule is CC1(c2ccc(C(F)(F)F)cc2Br)CCCN1. The minimum atomic E-state index is -4.29. The van der Waals surface area contributed by atoms with E-state index < -0.39 is 11.7 Å². The second kappa shape index (κ2) is 4.28. The van der Waals surface area contributed by atoms with Crippen LogP contribution in [-0.4, -0.2) is 6.54 Å². The topological polar surface area (TPSA) is 12.0 Å². The molecule has 1 unspecified atom stereocenters. The van der Waals surface area contributed by atoms with Gasteiger partial charge in [0.15, 0.2) is 0 Å². The van der Waals surface area contributed by atoms with Crippen molar-refractivity contribution in [2.45, 2.75) is 31.5 Å². The molecule has 0 amide bonds. The van der Waals surface area contributed by atoms with Gasteiger partial charge in [0, 0.05) is 10.0 Å². The summed E-state index contributed by atoms with van der Waals surface area (Å²) < 4.78 is 38.1. The lowest BCUT2D eigenvalue weighted by Crippen LogP contribution is -2.33. The molecule has 94 valence electrons. The molecule has 2 rings (SSSR count). The molecule has 17 heavy (non-hydrogen) atoms. The number of hydrogen-bond acceptors (Lipinski definition) is 1. The zero-order chi connectivity index (χ0) is 12.7. The number of halogens is 4. The molecule has 1 aliphatic heterocycles. The van der Waals surface area contributed by atoms with Gasteiger partial charge in [-0.3, -0.25) is 0 Å². The van der Waals surface area contributed by atoms with Crippen LogP contribution in [-0.2, 0) is 11.7 Å². The first-order chi connectivity index (χ1) is 7.83. The molecule has 0 saturated carbocycles. The zero-order valence-corrected chi connectivity index (χ0v) is 11.0. The maximum atomic E-state index is 12.5. The Morgan fingerprint density at radius 3 is 2.53 bits per heavy atom. The Balaban J connectivity index is 2.38. The van der Waals surface area contributed by atoms with Gasteiger partial charge in [-0.05, 0) is 44.0 Å². The van der Waals surface area contributed by atoms with E-state index in [1.54, 1.807) is 6.07 Å². The van der Waals surface area contributed by atoms with Crippen molar-refractivity contribution in [1.82, 2.24) is 5.32 Å². The van der Waals surface area contributed by atoms with Crippen LogP contribution in [0.15, 0.2) is 22.7 Å². The lowest BCUT2D eigenvalue weighted by Gasteiger charge is -2.26. The van der Waals surface area contributed by atoms with E-state index in [9.17, 15) is 13.2 Å². The van der Waals surface area contributed by atoms with Gasteiger partial charge in [0.25, 0.3) is 0 Å². The molecule has 1 saturated heterocycles. The fourth-order valence-corrected chi connectivity index (χ4v) is 3.08. The number of hydrogen-bond donors (Lipinski definition) is 1. The van der Waals surface area contributed by atoms with Crippen molar-refractivity contribution in [1.29, 1.82) is 0 Å². The van der Waals surface area contributed by atoms with E-state index in [1.807, 2.05) is 6.92 Å². The fourth-order valence-electron chi connectivity index (χ4n) is 2.26. The van der Waals surface area contributed by atoms with Gasteiger partial charge in [-0.15, -0.1) is 0 Å². The Kier molecular flexibility index (Phi) is 3.25. The standard InChI is InChI=1S/C12H13BrF3N/c1-11(5-2-6-17-11)9-4-3-8(7-10(9)13)12(14,15)16/h3-4,7,17H,2,5-6H2,1H3. The summed E-state index contributed by atoms with van der Waals surface area (Å²) in [4.78, 5) is 0. The Morgan fingerprint density at radius 2 is 2.06 bits per heavy atom. The third kappa shape index (κ3) is 2.50. The molecule has 0 bridgehead atoms. The highest BCUT2D eigenvalue weighted by molar-refractivity contribution is 9.10. The van der Waals surface area contributed by atoms with Crippen molar-refractivity contribution in [2.24, 2.45) is 0 Å². The van der Waals surface area contributed by atoms with E-state index >= 15 is 0 Å². The average molecular weight is 308 g/mol. The summed E-state index contributed by atoms with van der Waals surface area (Å²) >= 11 is 3.24. The first-order valence-corrected chi connectivity index (χ1v) is 6.24. The van der Waals surface area contributed by atoms with Crippen LogP contribution in [0.4, 0.5) is 13.2 Å². The molecule has 1 atom stereocenters. The van der Waals surface area contributed by atoms with Gasteiger partial charge < -0.3 is 5.32 Å². The van der Waals surface area contributed by atoms with Gasteiger partial charge in [-0.25, -0.2) is 0 Å². The Bertz CT molecular complexity index is 422. The normalized spacial score (nSPS) is 25.2. The maximum Gasteiger partial charge on any atom is 0.416 e. The van der Waals surface area contributed by atoms with Gasteiger partial charge in [0.1, 0.15) is 0 Å². The molecule has 1 aliphatic rings. The molecule has 0 spiro atoms. The minimum Gasteiger partial charge on any atom is -0.308 e. The van der Waals surface area contributed by atoms with E-state index in [0.29, 0.717) is 4.47 Å². The molecule has 0 radical (unpaired) electrons. The summed E-state index contributed by atoms with van der Waals surface area (Å²) in [5.74, 6) is 0. The van der Waals surface area contributed by atoms with Gasteiger partial charge in [0.05, 0.1) is 5.56 Å². The summed E-state index contributed by atoms with van der Waals surface area (Å²) in [5.41, 5.74) is 0.0564. The monoisotopic (exact) mass is 307 g/mol. The first kappa shape index (κ1) is 12.9. The van der Waals surface area contributed by atoms with E-state index in [1.165, 1.54) is 0 Å². The molecule has 1 fully saturated rings. The Morgan fingerprint density at radius 1 is 1.35 bits per heavy atom. The van der Waals surface area contributed by atoms with Crippen LogP contribution in [0, 0.1) is 0 Å². The molecule has 1 aromatic rings. The number of benzene rings is 1. The highest BCUT2D eigenvalue weighted by Gasteiger charge is 2.35. The Labute approximate surface area is 107 Å². The summed E-state index contributed by atoms with van der Waals surface area (Å²) in [6.07, 6.45) is -2.30. The zero-order valence-electron chi connectivity index (χ0n) is 9.37. The number of nitrogens with one attached hydrogen (secondary N) is 1. The molecule has 0 aliphatic carbocycles. The van der Waals surface area contributed by atoms with Crippen LogP contribution in [0.5, 0.6) is 0 Å². The highest BCUT2D eigenvalue weighted by atomic mass is 79.9. The highest BCUT2D eigenvalue weighted by Crippen LogP contribution is 2.38. The molecular weight excluding hydrogens is 295 g/mol. The summed E-state index contributed by atoms with van der Waals surface area (Å²) in [6, 6.07) is 3.86. The molecule has 1 nitrogen and oxygen atoms in total. The van der Waals surface area contributed by atoms with Crippen LogP contribution in [0.1, 0.15) is 30.9 Å². The number of alkyl halides is 3. The molecule has 1 heterocycles. The van der Waals surface area contributed by atoms with Crippen molar-refractivity contribution in [3.8, 4) is 0 Å². The van der Waals surface area contributed by atoms with Crippen molar-refractivity contribution in [3.63, 3.8) is 0 Å². The summed E-state index contributed by atoms with van der Waals surface area (Å²) in [6.45, 7) is 2.93. The van der Waals surface area contributed by atoms with Gasteiger partial charge in [-0.2, -0.15) is 13.2 Å². The summed E-state index contributed by atoms with van der Waals surface area (Å²) in [7, 11) is 0. The third-order valence-corrected chi connectivity index (χ3v) is 3.92. The molecule has 1 N–H and O–H groups in total. The largest absolute Gasteiger partial charge is 0.416 e. The lowest BCUT2D eigenvalue weighted by atomic mass is 9.90. The minimum absolute atomic E-state index is 0.219. The van der Waals surface area contributed by atoms with Gasteiger partial charge >= 0.3 is 6.18 Å². The lowest BCUT2D eigenvalue weighted by molar-refractivity contribution is -0.137. The van der Waals surface area contributed by atoms with Gasteiger partial charge in [-0.1, -0.05) is 22.0 Å². The van der Waals surface area contributed by atoms with Crippen LogP contribution in [0.2, 0.25) is 0 Å². The van der Waals surface area contributed by atoms with Gasteiger partial charge in [0.2, 0.25) is 0 Å². The molecule has 1 aromatic carbocycles. The predicted octanol–water partition coefficient (Wildman–Crippen LogP) is 4.07. The van der Waals surface area contributed by atoms with Crippen LogP contribution in [0.25, 0.3) is 0 Å². The summed E-state index contributed by atoms with van der Waals surface area (Å²) in [5, 5.41) is 3.34. The van der Waals surface area contributed by atoms with E-state index in [4.69, 9.17) is 0 Å². The Hall–Kier alpha value is -0.550. The fraction of sp³-hybridized carbons (Fsp3) is 0.500. The molecular formula is C12H13BrF3N. The van der Waals surface area contributed by atoms with E-state index in [0.717, 1.165) is 37.1 Å². The maximum absolute atomic E-state index is 12.5.